The minimum Gasteiger partial charge on any atom is -0.481 e. The van der Waals surface area contributed by atoms with Crippen LogP contribution in [0.5, 0.6) is 5.75 Å². The minimum absolute atomic E-state index is 0.101. The Kier molecular flexibility index (Phi) is 6.33. The Labute approximate surface area is 163 Å². The maximum atomic E-state index is 12.3. The Balaban J connectivity index is 1.57. The number of hydrogen-bond donors (Lipinski definition) is 2. The normalized spacial score (nSPS) is 16.5. The van der Waals surface area contributed by atoms with Crippen LogP contribution in [0.1, 0.15) is 39.0 Å². The Morgan fingerprint density at radius 3 is 2.56 bits per heavy atom. The van der Waals surface area contributed by atoms with Gasteiger partial charge in [0, 0.05) is 17.6 Å². The van der Waals surface area contributed by atoms with Crippen LogP contribution in [0.2, 0.25) is 0 Å². The molecule has 0 aliphatic heterocycles. The molecule has 1 saturated carbocycles. The Bertz CT molecular complexity index is 845. The highest BCUT2D eigenvalue weighted by molar-refractivity contribution is 7.93. The number of thiazole rings is 1. The lowest BCUT2D eigenvalue weighted by molar-refractivity contribution is -0.128. The summed E-state index contributed by atoms with van der Waals surface area (Å²) in [5, 5.41) is 5.02. The zero-order chi connectivity index (χ0) is 19.3. The summed E-state index contributed by atoms with van der Waals surface area (Å²) in [6.45, 7) is 1.69. The number of carbonyl (C=O) groups excluding carboxylic acids is 1. The van der Waals surface area contributed by atoms with Gasteiger partial charge in [-0.15, -0.1) is 11.3 Å². The van der Waals surface area contributed by atoms with E-state index in [9.17, 15) is 13.2 Å². The van der Waals surface area contributed by atoms with Crippen molar-refractivity contribution in [1.29, 1.82) is 0 Å². The first-order valence-electron chi connectivity index (χ1n) is 8.93. The maximum Gasteiger partial charge on any atom is 0.263 e. The molecule has 146 valence electrons. The molecule has 3 rings (SSSR count). The highest BCUT2D eigenvalue weighted by Gasteiger charge is 2.21. The Morgan fingerprint density at radius 1 is 1.22 bits per heavy atom. The molecule has 1 fully saturated rings. The first-order valence-corrected chi connectivity index (χ1v) is 11.3. The van der Waals surface area contributed by atoms with Gasteiger partial charge in [0.25, 0.3) is 15.9 Å². The standard InChI is InChI=1S/C18H23N3O4S2/c1-13(17(22)20-14-5-3-2-4-6-14)25-15-7-9-16(10-8-15)27(23,24)21-18-19-11-12-26-18/h7-14H,2-6H2,1H3,(H,19,21)(H,20,22)/t13-/m1/s1. The molecule has 27 heavy (non-hydrogen) atoms. The van der Waals surface area contributed by atoms with E-state index in [1.165, 1.54) is 36.1 Å². The van der Waals surface area contributed by atoms with E-state index in [1.54, 1.807) is 24.4 Å². The van der Waals surface area contributed by atoms with Crippen LogP contribution in [-0.4, -0.2) is 31.5 Å². The van der Waals surface area contributed by atoms with E-state index in [2.05, 4.69) is 15.0 Å². The Morgan fingerprint density at radius 2 is 1.93 bits per heavy atom. The number of benzene rings is 1. The molecule has 0 spiro atoms. The van der Waals surface area contributed by atoms with Gasteiger partial charge in [-0.05, 0) is 44.0 Å². The van der Waals surface area contributed by atoms with Crippen LogP contribution in [0.25, 0.3) is 0 Å². The van der Waals surface area contributed by atoms with Gasteiger partial charge in [-0.3, -0.25) is 9.52 Å². The van der Waals surface area contributed by atoms with Crippen molar-refractivity contribution in [3.8, 4) is 5.75 Å². The molecule has 1 aromatic carbocycles. The molecule has 0 unspecified atom stereocenters. The third-order valence-corrected chi connectivity index (χ3v) is 6.59. The molecule has 1 amide bonds. The number of anilines is 1. The van der Waals surface area contributed by atoms with Gasteiger partial charge in [0.2, 0.25) is 0 Å². The van der Waals surface area contributed by atoms with Crippen LogP contribution >= 0.6 is 11.3 Å². The molecule has 0 saturated heterocycles. The number of hydrogen-bond acceptors (Lipinski definition) is 6. The van der Waals surface area contributed by atoms with Crippen molar-refractivity contribution in [2.75, 3.05) is 4.72 Å². The maximum absolute atomic E-state index is 12.3. The van der Waals surface area contributed by atoms with E-state index < -0.39 is 16.1 Å². The third-order valence-electron chi connectivity index (χ3n) is 4.42. The first-order chi connectivity index (χ1) is 12.9. The molecule has 1 aliphatic carbocycles. The molecule has 1 aliphatic rings. The summed E-state index contributed by atoms with van der Waals surface area (Å²) in [6.07, 6.45) is 6.41. The molecule has 0 radical (unpaired) electrons. The number of carbonyl (C=O) groups is 1. The van der Waals surface area contributed by atoms with Crippen molar-refractivity contribution in [1.82, 2.24) is 10.3 Å². The lowest BCUT2D eigenvalue weighted by atomic mass is 9.95. The summed E-state index contributed by atoms with van der Waals surface area (Å²) in [6, 6.07) is 6.19. The van der Waals surface area contributed by atoms with Crippen molar-refractivity contribution >= 4 is 32.4 Å². The van der Waals surface area contributed by atoms with E-state index in [0.29, 0.717) is 10.9 Å². The van der Waals surface area contributed by atoms with E-state index in [0.717, 1.165) is 25.7 Å². The summed E-state index contributed by atoms with van der Waals surface area (Å²) in [5.41, 5.74) is 0. The summed E-state index contributed by atoms with van der Waals surface area (Å²) >= 11 is 1.20. The zero-order valence-electron chi connectivity index (χ0n) is 15.1. The van der Waals surface area contributed by atoms with Gasteiger partial charge >= 0.3 is 0 Å². The molecule has 0 bridgehead atoms. The van der Waals surface area contributed by atoms with Gasteiger partial charge in [-0.25, -0.2) is 13.4 Å². The van der Waals surface area contributed by atoms with E-state index >= 15 is 0 Å². The predicted octanol–water partition coefficient (Wildman–Crippen LogP) is 3.16. The zero-order valence-corrected chi connectivity index (χ0v) is 16.7. The molecular formula is C18H23N3O4S2. The SMILES string of the molecule is C[C@@H](Oc1ccc(S(=O)(=O)Nc2nccs2)cc1)C(=O)NC1CCCCC1. The van der Waals surface area contributed by atoms with Crippen LogP contribution in [0.15, 0.2) is 40.7 Å². The van der Waals surface area contributed by atoms with Crippen LogP contribution in [0.4, 0.5) is 5.13 Å². The number of nitrogens with zero attached hydrogens (tertiary/aromatic N) is 1. The lowest BCUT2D eigenvalue weighted by Gasteiger charge is -2.24. The molecule has 2 aromatic rings. The quantitative estimate of drug-likeness (QED) is 0.732. The fourth-order valence-electron chi connectivity index (χ4n) is 2.97. The third kappa shape index (κ3) is 5.43. The van der Waals surface area contributed by atoms with Gasteiger partial charge in [0.15, 0.2) is 11.2 Å². The van der Waals surface area contributed by atoms with Crippen LogP contribution in [0, 0.1) is 0 Å². The van der Waals surface area contributed by atoms with Crippen LogP contribution in [0.3, 0.4) is 0 Å². The van der Waals surface area contributed by atoms with E-state index in [4.69, 9.17) is 4.74 Å². The van der Waals surface area contributed by atoms with Gasteiger partial charge in [0.05, 0.1) is 4.90 Å². The fraction of sp³-hybridized carbons (Fsp3) is 0.444. The minimum atomic E-state index is -3.70. The first kappa shape index (κ1) is 19.6. The molecule has 1 aromatic heterocycles. The van der Waals surface area contributed by atoms with Crippen molar-refractivity contribution in [3.63, 3.8) is 0 Å². The molecule has 1 atom stereocenters. The summed E-state index contributed by atoms with van der Waals surface area (Å²) in [7, 11) is -3.70. The van der Waals surface area contributed by atoms with Gasteiger partial charge in [-0.2, -0.15) is 0 Å². The highest BCUT2D eigenvalue weighted by Crippen LogP contribution is 2.21. The molecular weight excluding hydrogens is 386 g/mol. The molecule has 1 heterocycles. The smallest absolute Gasteiger partial charge is 0.263 e. The van der Waals surface area contributed by atoms with Gasteiger partial charge < -0.3 is 10.1 Å². The number of nitrogens with one attached hydrogen (secondary N) is 2. The second-order valence-electron chi connectivity index (χ2n) is 6.52. The highest BCUT2D eigenvalue weighted by atomic mass is 32.2. The predicted molar refractivity (Wildman–Crippen MR) is 104 cm³/mol. The number of amides is 1. The second-order valence-corrected chi connectivity index (χ2v) is 9.09. The van der Waals surface area contributed by atoms with Crippen molar-refractivity contribution in [2.45, 2.75) is 56.1 Å². The largest absolute Gasteiger partial charge is 0.481 e. The van der Waals surface area contributed by atoms with Gasteiger partial charge in [-0.1, -0.05) is 19.3 Å². The van der Waals surface area contributed by atoms with Crippen molar-refractivity contribution in [3.05, 3.63) is 35.8 Å². The summed E-state index contributed by atoms with van der Waals surface area (Å²) in [4.78, 5) is 16.3. The number of sulfonamides is 1. The topological polar surface area (TPSA) is 97.4 Å². The van der Waals surface area contributed by atoms with Crippen molar-refractivity contribution < 1.29 is 17.9 Å². The summed E-state index contributed by atoms with van der Waals surface area (Å²) in [5.74, 6) is 0.290. The molecule has 9 heteroatoms. The second kappa shape index (κ2) is 8.71. The van der Waals surface area contributed by atoms with Crippen LogP contribution in [-0.2, 0) is 14.8 Å². The average Bonchev–Trinajstić information content (AvgIpc) is 3.15. The van der Waals surface area contributed by atoms with Crippen molar-refractivity contribution in [2.24, 2.45) is 0 Å². The number of aromatic nitrogens is 1. The van der Waals surface area contributed by atoms with Gasteiger partial charge in [0.1, 0.15) is 5.75 Å². The number of rotatable bonds is 7. The summed E-state index contributed by atoms with van der Waals surface area (Å²) < 4.78 is 32.7. The molecule has 2 N–H and O–H groups in total. The van der Waals surface area contributed by atoms with Crippen LogP contribution < -0.4 is 14.8 Å². The van der Waals surface area contributed by atoms with E-state index in [-0.39, 0.29) is 16.8 Å². The number of ether oxygens (including phenoxy) is 1. The monoisotopic (exact) mass is 409 g/mol. The molecule has 7 nitrogen and oxygen atoms in total. The lowest BCUT2D eigenvalue weighted by Crippen LogP contribution is -2.43. The fourth-order valence-corrected chi connectivity index (χ4v) is 4.76. The van der Waals surface area contributed by atoms with E-state index in [1.807, 2.05) is 0 Å². The average molecular weight is 410 g/mol. The Hall–Kier alpha value is -2.13.